The van der Waals surface area contributed by atoms with Crippen molar-refractivity contribution in [2.45, 2.75) is 20.0 Å². The summed E-state index contributed by atoms with van der Waals surface area (Å²) in [5, 5.41) is 18.2. The molecule has 0 fully saturated rings. The van der Waals surface area contributed by atoms with Gasteiger partial charge in [-0.3, -0.25) is 0 Å². The highest BCUT2D eigenvalue weighted by Gasteiger charge is 2.09. The minimum Gasteiger partial charge on any atom is -0.490 e. The SMILES string of the molecule is CCOc1cc(CNCc2nc3ccccc3n2C)ccc1OCCOc1ccc(F)cc1.O=C(O)C(=O)O. The molecule has 11 heteroatoms. The number of carbonyl (C=O) groups is 2. The number of fused-ring (bicyclic) bond motifs is 1. The van der Waals surface area contributed by atoms with Crippen molar-refractivity contribution in [2.24, 2.45) is 7.05 Å². The van der Waals surface area contributed by atoms with Crippen molar-refractivity contribution in [3.63, 3.8) is 0 Å². The minimum absolute atomic E-state index is 0.289. The summed E-state index contributed by atoms with van der Waals surface area (Å²) in [5.41, 5.74) is 3.21. The van der Waals surface area contributed by atoms with E-state index in [1.165, 1.54) is 12.1 Å². The van der Waals surface area contributed by atoms with Crippen molar-refractivity contribution in [3.05, 3.63) is 83.9 Å². The van der Waals surface area contributed by atoms with Gasteiger partial charge in [-0.1, -0.05) is 18.2 Å². The number of hydrogen-bond donors (Lipinski definition) is 3. The van der Waals surface area contributed by atoms with Gasteiger partial charge in [0.2, 0.25) is 0 Å². The van der Waals surface area contributed by atoms with Gasteiger partial charge in [0.05, 0.1) is 24.2 Å². The predicted molar refractivity (Wildman–Crippen MR) is 142 cm³/mol. The number of halogens is 1. The van der Waals surface area contributed by atoms with Crippen molar-refractivity contribution in [3.8, 4) is 17.2 Å². The summed E-state index contributed by atoms with van der Waals surface area (Å²) >= 11 is 0. The monoisotopic (exact) mass is 539 g/mol. The van der Waals surface area contributed by atoms with Gasteiger partial charge in [-0.2, -0.15) is 0 Å². The summed E-state index contributed by atoms with van der Waals surface area (Å²) in [5.74, 6) is -0.984. The zero-order valence-electron chi connectivity index (χ0n) is 21.6. The summed E-state index contributed by atoms with van der Waals surface area (Å²) in [7, 11) is 2.03. The number of benzene rings is 3. The summed E-state index contributed by atoms with van der Waals surface area (Å²) in [6.45, 7) is 4.52. The number of imidazole rings is 1. The number of aromatic nitrogens is 2. The number of hydrogen-bond acceptors (Lipinski definition) is 7. The highest BCUT2D eigenvalue weighted by atomic mass is 19.1. The zero-order chi connectivity index (χ0) is 28.2. The maximum atomic E-state index is 13.0. The second-order valence-corrected chi connectivity index (χ2v) is 8.15. The van der Waals surface area contributed by atoms with E-state index in [2.05, 4.69) is 16.0 Å². The second-order valence-electron chi connectivity index (χ2n) is 8.15. The molecule has 1 aromatic heterocycles. The Bertz CT molecular complexity index is 1380. The number of aryl methyl sites for hydroxylation is 1. The number of ether oxygens (including phenoxy) is 3. The molecule has 3 N–H and O–H groups in total. The fourth-order valence-corrected chi connectivity index (χ4v) is 3.56. The first-order valence-electron chi connectivity index (χ1n) is 12.1. The Kier molecular flexibility index (Phi) is 10.6. The average Bonchev–Trinajstić information content (AvgIpc) is 3.24. The normalized spacial score (nSPS) is 10.4. The van der Waals surface area contributed by atoms with Crippen LogP contribution < -0.4 is 19.5 Å². The van der Waals surface area contributed by atoms with E-state index in [-0.39, 0.29) is 5.82 Å². The Morgan fingerprint density at radius 3 is 2.26 bits per heavy atom. The molecule has 206 valence electrons. The Morgan fingerprint density at radius 2 is 1.59 bits per heavy atom. The second kappa shape index (κ2) is 14.3. The summed E-state index contributed by atoms with van der Waals surface area (Å²) < 4.78 is 32.3. The van der Waals surface area contributed by atoms with Crippen LogP contribution in [0.1, 0.15) is 18.3 Å². The van der Waals surface area contributed by atoms with Gasteiger partial charge in [-0.05, 0) is 61.0 Å². The summed E-state index contributed by atoms with van der Waals surface area (Å²) in [4.78, 5) is 22.9. The molecule has 0 aliphatic rings. The van der Waals surface area contributed by atoms with Gasteiger partial charge in [0.25, 0.3) is 0 Å². The number of nitrogens with zero attached hydrogens (tertiary/aromatic N) is 2. The highest BCUT2D eigenvalue weighted by Crippen LogP contribution is 2.28. The largest absolute Gasteiger partial charge is 0.490 e. The molecule has 0 saturated carbocycles. The lowest BCUT2D eigenvalue weighted by atomic mass is 10.2. The van der Waals surface area contributed by atoms with E-state index in [0.29, 0.717) is 50.2 Å². The molecule has 3 aromatic carbocycles. The van der Waals surface area contributed by atoms with Crippen LogP contribution in [0.2, 0.25) is 0 Å². The van der Waals surface area contributed by atoms with Crippen LogP contribution in [-0.2, 0) is 29.7 Å². The lowest BCUT2D eigenvalue weighted by molar-refractivity contribution is -0.159. The quantitative estimate of drug-likeness (QED) is 0.191. The lowest BCUT2D eigenvalue weighted by Crippen LogP contribution is -2.16. The number of aliphatic carboxylic acids is 2. The van der Waals surface area contributed by atoms with E-state index in [9.17, 15) is 4.39 Å². The smallest absolute Gasteiger partial charge is 0.414 e. The van der Waals surface area contributed by atoms with Crippen LogP contribution in [0.4, 0.5) is 4.39 Å². The Morgan fingerprint density at radius 1 is 0.897 bits per heavy atom. The first-order chi connectivity index (χ1) is 18.8. The fourth-order valence-electron chi connectivity index (χ4n) is 3.56. The predicted octanol–water partition coefficient (Wildman–Crippen LogP) is 4.01. The van der Waals surface area contributed by atoms with Gasteiger partial charge >= 0.3 is 11.9 Å². The van der Waals surface area contributed by atoms with E-state index >= 15 is 0 Å². The molecular weight excluding hydrogens is 509 g/mol. The van der Waals surface area contributed by atoms with Gasteiger partial charge in [0, 0.05) is 13.6 Å². The van der Waals surface area contributed by atoms with E-state index in [1.807, 2.05) is 50.4 Å². The molecule has 4 aromatic rings. The van der Waals surface area contributed by atoms with Crippen LogP contribution in [0.3, 0.4) is 0 Å². The van der Waals surface area contributed by atoms with Gasteiger partial charge in [0.15, 0.2) is 11.5 Å². The van der Waals surface area contributed by atoms with Crippen molar-refractivity contribution in [1.29, 1.82) is 0 Å². The molecule has 0 radical (unpaired) electrons. The van der Waals surface area contributed by atoms with Crippen LogP contribution in [0, 0.1) is 5.82 Å². The first-order valence-corrected chi connectivity index (χ1v) is 12.1. The topological polar surface area (TPSA) is 132 Å². The molecule has 0 amide bonds. The fraction of sp³-hybridized carbons (Fsp3) is 0.250. The molecule has 4 rings (SSSR count). The Balaban J connectivity index is 0.000000631. The molecule has 0 atom stereocenters. The Labute approximate surface area is 224 Å². The maximum absolute atomic E-state index is 13.0. The number of carboxylic acid groups (broad SMARTS) is 2. The summed E-state index contributed by atoms with van der Waals surface area (Å²) in [6, 6.07) is 20.0. The number of para-hydroxylation sites is 2. The first kappa shape index (κ1) is 28.9. The number of carboxylic acids is 2. The van der Waals surface area contributed by atoms with Crippen molar-refractivity contribution < 1.29 is 38.4 Å². The van der Waals surface area contributed by atoms with E-state index in [0.717, 1.165) is 22.4 Å². The molecule has 0 bridgehead atoms. The van der Waals surface area contributed by atoms with Gasteiger partial charge in [-0.25, -0.2) is 19.0 Å². The van der Waals surface area contributed by atoms with Crippen molar-refractivity contribution in [2.75, 3.05) is 19.8 Å². The van der Waals surface area contributed by atoms with Gasteiger partial charge < -0.3 is 34.3 Å². The highest BCUT2D eigenvalue weighted by molar-refractivity contribution is 6.27. The lowest BCUT2D eigenvalue weighted by Gasteiger charge is -2.14. The molecule has 10 nitrogen and oxygen atoms in total. The minimum atomic E-state index is -1.82. The van der Waals surface area contributed by atoms with Gasteiger partial charge in [0.1, 0.15) is 30.6 Å². The molecule has 0 aliphatic carbocycles. The van der Waals surface area contributed by atoms with E-state index in [4.69, 9.17) is 39.0 Å². The van der Waals surface area contributed by atoms with Crippen LogP contribution in [-0.4, -0.2) is 51.5 Å². The molecular formula is C28H30FN3O7. The van der Waals surface area contributed by atoms with E-state index in [1.54, 1.807) is 12.1 Å². The third-order valence-electron chi connectivity index (χ3n) is 5.41. The number of rotatable bonds is 11. The van der Waals surface area contributed by atoms with Crippen molar-refractivity contribution in [1.82, 2.24) is 14.9 Å². The third kappa shape index (κ3) is 8.71. The Hall–Kier alpha value is -4.64. The van der Waals surface area contributed by atoms with Crippen LogP contribution in [0.5, 0.6) is 17.2 Å². The van der Waals surface area contributed by atoms with Crippen LogP contribution >= 0.6 is 0 Å². The molecule has 1 heterocycles. The zero-order valence-corrected chi connectivity index (χ0v) is 21.6. The van der Waals surface area contributed by atoms with Crippen molar-refractivity contribution >= 4 is 23.0 Å². The van der Waals surface area contributed by atoms with Gasteiger partial charge in [-0.15, -0.1) is 0 Å². The molecule has 0 saturated heterocycles. The number of nitrogens with one attached hydrogen (secondary N) is 1. The standard InChI is InChI=1S/C26H28FN3O3.C2H2O4/c1-3-31-25-16-19(17-28-18-26-29-22-6-4-5-7-23(22)30(26)2)8-13-24(25)33-15-14-32-21-11-9-20(27)10-12-21;3-1(4)2(5)6/h4-13,16,28H,3,14-15,17-18H2,1-2H3;(H,3,4)(H,5,6). The summed E-state index contributed by atoms with van der Waals surface area (Å²) in [6.07, 6.45) is 0. The molecule has 0 unspecified atom stereocenters. The van der Waals surface area contributed by atoms with E-state index < -0.39 is 11.9 Å². The third-order valence-corrected chi connectivity index (χ3v) is 5.41. The van der Waals surface area contributed by atoms with Crippen LogP contribution in [0.15, 0.2) is 66.7 Å². The molecule has 0 aliphatic heterocycles. The average molecular weight is 540 g/mol. The molecule has 39 heavy (non-hydrogen) atoms. The molecule has 0 spiro atoms. The maximum Gasteiger partial charge on any atom is 0.414 e. The van der Waals surface area contributed by atoms with Crippen LogP contribution in [0.25, 0.3) is 11.0 Å².